The van der Waals surface area contributed by atoms with Crippen molar-refractivity contribution in [3.05, 3.63) is 52.9 Å². The van der Waals surface area contributed by atoms with Crippen molar-refractivity contribution in [1.82, 2.24) is 9.97 Å². The molecule has 2 aromatic rings. The number of hydrogen-bond donors (Lipinski definition) is 1. The number of aliphatic hydroxyl groups is 1. The number of rotatable bonds is 4. The summed E-state index contributed by atoms with van der Waals surface area (Å²) in [5.74, 6) is 0.764. The number of anilines is 1. The predicted octanol–water partition coefficient (Wildman–Crippen LogP) is 2.82. The van der Waals surface area contributed by atoms with Crippen molar-refractivity contribution in [2.75, 3.05) is 11.9 Å². The van der Waals surface area contributed by atoms with E-state index >= 15 is 0 Å². The van der Waals surface area contributed by atoms with Crippen molar-refractivity contribution in [3.8, 4) is 0 Å². The van der Waals surface area contributed by atoms with Crippen molar-refractivity contribution in [2.24, 2.45) is 0 Å². The molecule has 0 fully saturated rings. The zero-order chi connectivity index (χ0) is 13.8. The Balaban J connectivity index is 2.17. The highest BCUT2D eigenvalue weighted by Crippen LogP contribution is 2.24. The van der Waals surface area contributed by atoms with E-state index in [2.05, 4.69) is 16.9 Å². The Kier molecular flexibility index (Phi) is 4.35. The van der Waals surface area contributed by atoms with Gasteiger partial charge in [-0.05, 0) is 24.6 Å². The molecule has 0 aliphatic rings. The van der Waals surface area contributed by atoms with Crippen molar-refractivity contribution >= 4 is 17.4 Å². The number of aliphatic hydroxyl groups excluding tert-OH is 1. The lowest BCUT2D eigenvalue weighted by Crippen LogP contribution is -2.22. The maximum absolute atomic E-state index is 8.95. The fourth-order valence-corrected chi connectivity index (χ4v) is 1.90. The van der Waals surface area contributed by atoms with Crippen molar-refractivity contribution in [2.45, 2.75) is 19.6 Å². The minimum absolute atomic E-state index is 0.0935. The van der Waals surface area contributed by atoms with E-state index in [1.807, 2.05) is 36.2 Å². The molecule has 5 heteroatoms. The van der Waals surface area contributed by atoms with E-state index in [0.29, 0.717) is 5.69 Å². The van der Waals surface area contributed by atoms with E-state index in [-0.39, 0.29) is 12.6 Å². The molecule has 1 heterocycles. The van der Waals surface area contributed by atoms with Crippen LogP contribution in [0.4, 0.5) is 5.82 Å². The molecule has 0 radical (unpaired) electrons. The number of aromatic nitrogens is 2. The van der Waals surface area contributed by atoms with Crippen LogP contribution in [0.15, 0.2) is 36.7 Å². The first-order chi connectivity index (χ1) is 9.11. The fourth-order valence-electron chi connectivity index (χ4n) is 1.78. The lowest BCUT2D eigenvalue weighted by atomic mass is 10.1. The molecule has 1 aromatic carbocycles. The van der Waals surface area contributed by atoms with Gasteiger partial charge in [0.15, 0.2) is 0 Å². The van der Waals surface area contributed by atoms with Gasteiger partial charge in [0.1, 0.15) is 5.82 Å². The summed E-state index contributed by atoms with van der Waals surface area (Å²) in [6.45, 7) is 1.99. The summed E-state index contributed by atoms with van der Waals surface area (Å²) >= 11 is 5.89. The summed E-state index contributed by atoms with van der Waals surface area (Å²) in [7, 11) is 1.96. The fraction of sp³-hybridized carbons (Fsp3) is 0.286. The van der Waals surface area contributed by atoms with Gasteiger partial charge in [-0.1, -0.05) is 23.7 Å². The lowest BCUT2D eigenvalue weighted by Gasteiger charge is -2.26. The van der Waals surface area contributed by atoms with Gasteiger partial charge in [-0.15, -0.1) is 0 Å². The van der Waals surface area contributed by atoms with Gasteiger partial charge in [0.25, 0.3) is 0 Å². The standard InChI is InChI=1S/C14H16ClN3O/c1-10(11-3-5-12(15)6-4-11)18(2)14-8-16-13(9-19)7-17-14/h3-8,10,19H,9H2,1-2H3. The average Bonchev–Trinajstić information content (AvgIpc) is 2.46. The summed E-state index contributed by atoms with van der Waals surface area (Å²) < 4.78 is 0. The second-order valence-electron chi connectivity index (χ2n) is 4.36. The van der Waals surface area contributed by atoms with Crippen molar-refractivity contribution in [1.29, 1.82) is 0 Å². The first kappa shape index (κ1) is 13.8. The van der Waals surface area contributed by atoms with Gasteiger partial charge in [-0.2, -0.15) is 0 Å². The van der Waals surface area contributed by atoms with Crippen LogP contribution >= 0.6 is 11.6 Å². The Morgan fingerprint density at radius 3 is 2.42 bits per heavy atom. The molecule has 1 atom stereocenters. The molecule has 0 aliphatic heterocycles. The highest BCUT2D eigenvalue weighted by Gasteiger charge is 2.13. The number of nitrogens with zero attached hydrogens (tertiary/aromatic N) is 3. The maximum Gasteiger partial charge on any atom is 0.147 e. The normalized spacial score (nSPS) is 12.2. The van der Waals surface area contributed by atoms with Gasteiger partial charge in [0, 0.05) is 12.1 Å². The van der Waals surface area contributed by atoms with Gasteiger partial charge in [-0.3, -0.25) is 4.98 Å². The van der Waals surface area contributed by atoms with E-state index in [9.17, 15) is 0 Å². The van der Waals surface area contributed by atoms with Crippen molar-refractivity contribution < 1.29 is 5.11 Å². The molecule has 4 nitrogen and oxygen atoms in total. The number of hydrogen-bond acceptors (Lipinski definition) is 4. The summed E-state index contributed by atoms with van der Waals surface area (Å²) in [4.78, 5) is 10.4. The van der Waals surface area contributed by atoms with Crippen LogP contribution in [0.3, 0.4) is 0 Å². The predicted molar refractivity (Wildman–Crippen MR) is 76.2 cm³/mol. The first-order valence-electron chi connectivity index (χ1n) is 6.02. The molecule has 1 aromatic heterocycles. The number of halogens is 1. The van der Waals surface area contributed by atoms with Crippen LogP contribution in [0, 0.1) is 0 Å². The second-order valence-corrected chi connectivity index (χ2v) is 4.80. The Morgan fingerprint density at radius 2 is 1.89 bits per heavy atom. The van der Waals surface area contributed by atoms with Crippen molar-refractivity contribution in [3.63, 3.8) is 0 Å². The molecule has 0 spiro atoms. The van der Waals surface area contributed by atoms with Crippen LogP contribution in [0.1, 0.15) is 24.2 Å². The molecule has 0 bridgehead atoms. The summed E-state index contributed by atoms with van der Waals surface area (Å²) in [6, 6.07) is 7.91. The molecular weight excluding hydrogens is 262 g/mol. The molecule has 2 rings (SSSR count). The maximum atomic E-state index is 8.95. The molecule has 0 saturated carbocycles. The SMILES string of the molecule is CC(c1ccc(Cl)cc1)N(C)c1cnc(CO)cn1. The molecular formula is C14H16ClN3O. The highest BCUT2D eigenvalue weighted by molar-refractivity contribution is 6.30. The molecule has 0 aliphatic carbocycles. The van der Waals surface area contributed by atoms with Gasteiger partial charge in [0.05, 0.1) is 30.7 Å². The summed E-state index contributed by atoms with van der Waals surface area (Å²) in [5.41, 5.74) is 1.72. The third-order valence-electron chi connectivity index (χ3n) is 3.15. The van der Waals surface area contributed by atoms with Gasteiger partial charge in [0.2, 0.25) is 0 Å². The number of benzene rings is 1. The lowest BCUT2D eigenvalue weighted by molar-refractivity contribution is 0.276. The van der Waals surface area contributed by atoms with Crippen LogP contribution in [0.25, 0.3) is 0 Å². The van der Waals surface area contributed by atoms with Crippen LogP contribution in [-0.4, -0.2) is 22.1 Å². The minimum atomic E-state index is -0.0935. The molecule has 1 unspecified atom stereocenters. The Labute approximate surface area is 117 Å². The van der Waals surface area contributed by atoms with E-state index in [0.717, 1.165) is 16.4 Å². The molecule has 1 N–H and O–H groups in total. The zero-order valence-electron chi connectivity index (χ0n) is 10.9. The Bertz CT molecular complexity index is 527. The smallest absolute Gasteiger partial charge is 0.147 e. The topological polar surface area (TPSA) is 49.2 Å². The Hall–Kier alpha value is -1.65. The third kappa shape index (κ3) is 3.22. The van der Waals surface area contributed by atoms with Crippen LogP contribution < -0.4 is 4.90 Å². The van der Waals surface area contributed by atoms with Gasteiger partial charge in [-0.25, -0.2) is 4.98 Å². The molecule has 0 saturated heterocycles. The quantitative estimate of drug-likeness (QED) is 0.934. The monoisotopic (exact) mass is 277 g/mol. The van der Waals surface area contributed by atoms with E-state index in [1.54, 1.807) is 12.4 Å². The zero-order valence-corrected chi connectivity index (χ0v) is 11.7. The third-order valence-corrected chi connectivity index (χ3v) is 3.40. The largest absolute Gasteiger partial charge is 0.390 e. The highest BCUT2D eigenvalue weighted by atomic mass is 35.5. The second kappa shape index (κ2) is 5.99. The van der Waals surface area contributed by atoms with E-state index in [1.165, 1.54) is 0 Å². The van der Waals surface area contributed by atoms with Gasteiger partial charge < -0.3 is 10.0 Å². The van der Waals surface area contributed by atoms with Gasteiger partial charge >= 0.3 is 0 Å². The molecule has 0 amide bonds. The minimum Gasteiger partial charge on any atom is -0.390 e. The van der Waals surface area contributed by atoms with Crippen LogP contribution in [0.5, 0.6) is 0 Å². The van der Waals surface area contributed by atoms with E-state index < -0.39 is 0 Å². The summed E-state index contributed by atoms with van der Waals surface area (Å²) in [6.07, 6.45) is 3.25. The molecule has 19 heavy (non-hydrogen) atoms. The first-order valence-corrected chi connectivity index (χ1v) is 6.39. The van der Waals surface area contributed by atoms with E-state index in [4.69, 9.17) is 16.7 Å². The molecule has 100 valence electrons. The summed E-state index contributed by atoms with van der Waals surface area (Å²) in [5, 5.41) is 9.68. The average molecular weight is 278 g/mol. The van der Waals surface area contributed by atoms with Crippen LogP contribution in [-0.2, 0) is 6.61 Å². The van der Waals surface area contributed by atoms with Crippen LogP contribution in [0.2, 0.25) is 5.02 Å². The Morgan fingerprint density at radius 1 is 1.21 bits per heavy atom.